The summed E-state index contributed by atoms with van der Waals surface area (Å²) in [4.78, 5) is 15.5. The van der Waals surface area contributed by atoms with E-state index in [1.165, 1.54) is 6.07 Å². The van der Waals surface area contributed by atoms with Crippen molar-refractivity contribution in [1.82, 2.24) is 9.55 Å². The van der Waals surface area contributed by atoms with E-state index in [-0.39, 0.29) is 5.56 Å². The number of nitrogens with zero attached hydrogens (tertiary/aromatic N) is 2. The van der Waals surface area contributed by atoms with Gasteiger partial charge < -0.3 is 5.73 Å². The van der Waals surface area contributed by atoms with Gasteiger partial charge >= 0.3 is 0 Å². The SMILES string of the molecule is Cc1ccc(=O)n(-c2ccc(N)nc2)c1. The maximum absolute atomic E-state index is 11.6. The van der Waals surface area contributed by atoms with Crippen molar-refractivity contribution >= 4 is 5.82 Å². The van der Waals surface area contributed by atoms with Gasteiger partial charge in [-0.1, -0.05) is 6.07 Å². The lowest BCUT2D eigenvalue weighted by atomic mass is 10.3. The van der Waals surface area contributed by atoms with Crippen LogP contribution in [-0.4, -0.2) is 9.55 Å². The van der Waals surface area contributed by atoms with Crippen molar-refractivity contribution < 1.29 is 0 Å². The molecule has 0 spiro atoms. The van der Waals surface area contributed by atoms with Gasteiger partial charge in [-0.3, -0.25) is 9.36 Å². The Bertz CT molecular complexity index is 528. The summed E-state index contributed by atoms with van der Waals surface area (Å²) in [5, 5.41) is 0. The monoisotopic (exact) mass is 201 g/mol. The van der Waals surface area contributed by atoms with E-state index in [4.69, 9.17) is 5.73 Å². The van der Waals surface area contributed by atoms with E-state index >= 15 is 0 Å². The number of anilines is 1. The Morgan fingerprint density at radius 1 is 1.27 bits per heavy atom. The first-order chi connectivity index (χ1) is 7.16. The molecule has 0 saturated carbocycles. The number of rotatable bonds is 1. The molecule has 2 heterocycles. The summed E-state index contributed by atoms with van der Waals surface area (Å²) in [6, 6.07) is 6.75. The van der Waals surface area contributed by atoms with Gasteiger partial charge in [0.1, 0.15) is 5.82 Å². The average molecular weight is 201 g/mol. The zero-order chi connectivity index (χ0) is 10.8. The van der Waals surface area contributed by atoms with Crippen LogP contribution in [0.15, 0.2) is 41.5 Å². The molecule has 2 N–H and O–H groups in total. The molecule has 0 saturated heterocycles. The number of nitrogen functional groups attached to an aromatic ring is 1. The van der Waals surface area contributed by atoms with Gasteiger partial charge in [0.05, 0.1) is 11.9 Å². The van der Waals surface area contributed by atoms with E-state index in [2.05, 4.69) is 4.98 Å². The Balaban J connectivity index is 2.58. The Morgan fingerprint density at radius 2 is 2.07 bits per heavy atom. The molecule has 0 aromatic carbocycles. The van der Waals surface area contributed by atoms with Crippen molar-refractivity contribution in [3.8, 4) is 5.69 Å². The lowest BCUT2D eigenvalue weighted by Crippen LogP contribution is -2.16. The normalized spacial score (nSPS) is 10.2. The molecule has 76 valence electrons. The van der Waals surface area contributed by atoms with E-state index < -0.39 is 0 Å². The Labute approximate surface area is 87.0 Å². The number of aromatic nitrogens is 2. The topological polar surface area (TPSA) is 60.9 Å². The Kier molecular flexibility index (Phi) is 2.25. The maximum Gasteiger partial charge on any atom is 0.255 e. The second kappa shape index (κ2) is 3.57. The van der Waals surface area contributed by atoms with E-state index in [1.807, 2.05) is 6.92 Å². The molecule has 2 rings (SSSR count). The summed E-state index contributed by atoms with van der Waals surface area (Å²) in [6.45, 7) is 1.93. The highest BCUT2D eigenvalue weighted by molar-refractivity contribution is 5.37. The summed E-state index contributed by atoms with van der Waals surface area (Å²) in [7, 11) is 0. The lowest BCUT2D eigenvalue weighted by Gasteiger charge is -2.05. The highest BCUT2D eigenvalue weighted by atomic mass is 16.1. The van der Waals surface area contributed by atoms with Gasteiger partial charge in [0.25, 0.3) is 5.56 Å². The number of nitrogens with two attached hydrogens (primary N) is 1. The van der Waals surface area contributed by atoms with Gasteiger partial charge in [-0.05, 0) is 24.6 Å². The van der Waals surface area contributed by atoms with Crippen LogP contribution in [0.5, 0.6) is 0 Å². The third kappa shape index (κ3) is 1.88. The zero-order valence-electron chi connectivity index (χ0n) is 8.34. The lowest BCUT2D eigenvalue weighted by molar-refractivity contribution is 0.967. The minimum Gasteiger partial charge on any atom is -0.384 e. The minimum atomic E-state index is -0.0767. The maximum atomic E-state index is 11.6. The van der Waals surface area contributed by atoms with Crippen LogP contribution in [0.3, 0.4) is 0 Å². The molecule has 0 unspecified atom stereocenters. The van der Waals surface area contributed by atoms with Crippen LogP contribution in [0.1, 0.15) is 5.56 Å². The fourth-order valence-corrected chi connectivity index (χ4v) is 1.34. The number of hydrogen-bond acceptors (Lipinski definition) is 3. The van der Waals surface area contributed by atoms with Crippen LogP contribution in [0.4, 0.5) is 5.82 Å². The van der Waals surface area contributed by atoms with Gasteiger partial charge in [-0.25, -0.2) is 4.98 Å². The molecule has 0 aliphatic carbocycles. The molecule has 0 radical (unpaired) electrons. The minimum absolute atomic E-state index is 0.0767. The Morgan fingerprint density at radius 3 is 2.73 bits per heavy atom. The van der Waals surface area contributed by atoms with Crippen molar-refractivity contribution in [2.45, 2.75) is 6.92 Å². The molecule has 0 aliphatic heterocycles. The van der Waals surface area contributed by atoms with Crippen molar-refractivity contribution in [3.05, 3.63) is 52.6 Å². The van der Waals surface area contributed by atoms with Crippen molar-refractivity contribution in [2.24, 2.45) is 0 Å². The molecule has 2 aromatic rings. The second-order valence-corrected chi connectivity index (χ2v) is 3.36. The van der Waals surface area contributed by atoms with Crippen LogP contribution in [0.2, 0.25) is 0 Å². The predicted octanol–water partition coefficient (Wildman–Crippen LogP) is 1.12. The standard InChI is InChI=1S/C11H11N3O/c1-8-2-5-11(15)14(7-8)9-3-4-10(12)13-6-9/h2-7H,1H3,(H2,12,13). The van der Waals surface area contributed by atoms with Crippen molar-refractivity contribution in [3.63, 3.8) is 0 Å². The first-order valence-corrected chi connectivity index (χ1v) is 4.58. The molecule has 0 fully saturated rings. The molecule has 0 atom stereocenters. The van der Waals surface area contributed by atoms with Gasteiger partial charge in [0.2, 0.25) is 0 Å². The fourth-order valence-electron chi connectivity index (χ4n) is 1.34. The molecule has 4 heteroatoms. The summed E-state index contributed by atoms with van der Waals surface area (Å²) in [6.07, 6.45) is 3.35. The van der Waals surface area contributed by atoms with Gasteiger partial charge in [-0.15, -0.1) is 0 Å². The first-order valence-electron chi connectivity index (χ1n) is 4.58. The van der Waals surface area contributed by atoms with Gasteiger partial charge in [0, 0.05) is 12.3 Å². The quantitative estimate of drug-likeness (QED) is 0.752. The number of hydrogen-bond donors (Lipinski definition) is 1. The molecular formula is C11H11N3O. The molecule has 0 amide bonds. The summed E-state index contributed by atoms with van der Waals surface area (Å²) in [5.41, 5.74) is 7.14. The smallest absolute Gasteiger partial charge is 0.255 e. The third-order valence-corrected chi connectivity index (χ3v) is 2.11. The van der Waals surface area contributed by atoms with E-state index in [9.17, 15) is 4.79 Å². The molecule has 0 bridgehead atoms. The van der Waals surface area contributed by atoms with Crippen molar-refractivity contribution in [1.29, 1.82) is 0 Å². The van der Waals surface area contributed by atoms with Crippen LogP contribution in [0.25, 0.3) is 5.69 Å². The average Bonchev–Trinajstić information content (AvgIpc) is 2.23. The molecule has 0 aliphatic rings. The first kappa shape index (κ1) is 9.45. The van der Waals surface area contributed by atoms with Crippen LogP contribution in [-0.2, 0) is 0 Å². The van der Waals surface area contributed by atoms with Crippen LogP contribution in [0, 0.1) is 6.92 Å². The molecule has 15 heavy (non-hydrogen) atoms. The van der Waals surface area contributed by atoms with Gasteiger partial charge in [0.15, 0.2) is 0 Å². The zero-order valence-corrected chi connectivity index (χ0v) is 8.34. The van der Waals surface area contributed by atoms with E-state index in [0.29, 0.717) is 5.82 Å². The van der Waals surface area contributed by atoms with Crippen LogP contribution >= 0.6 is 0 Å². The highest BCUT2D eigenvalue weighted by Gasteiger charge is 1.99. The largest absolute Gasteiger partial charge is 0.384 e. The highest BCUT2D eigenvalue weighted by Crippen LogP contribution is 2.06. The molecule has 4 nitrogen and oxygen atoms in total. The number of aryl methyl sites for hydroxylation is 1. The summed E-state index contributed by atoms with van der Waals surface area (Å²) < 4.78 is 1.54. The second-order valence-electron chi connectivity index (χ2n) is 3.36. The molecule has 2 aromatic heterocycles. The Hall–Kier alpha value is -2.10. The predicted molar refractivity (Wildman–Crippen MR) is 59.0 cm³/mol. The fraction of sp³-hybridized carbons (Fsp3) is 0.0909. The number of pyridine rings is 2. The van der Waals surface area contributed by atoms with Crippen molar-refractivity contribution in [2.75, 3.05) is 5.73 Å². The van der Waals surface area contributed by atoms with E-state index in [0.717, 1.165) is 11.3 Å². The van der Waals surface area contributed by atoms with Crippen LogP contribution < -0.4 is 11.3 Å². The van der Waals surface area contributed by atoms with Gasteiger partial charge in [-0.2, -0.15) is 0 Å². The molecular weight excluding hydrogens is 190 g/mol. The summed E-state index contributed by atoms with van der Waals surface area (Å²) in [5.74, 6) is 0.444. The van der Waals surface area contributed by atoms with E-state index in [1.54, 1.807) is 35.2 Å². The third-order valence-electron chi connectivity index (χ3n) is 2.11. The summed E-state index contributed by atoms with van der Waals surface area (Å²) >= 11 is 0.